The first-order chi connectivity index (χ1) is 11.8. The van der Waals surface area contributed by atoms with Crippen LogP contribution in [-0.2, 0) is 10.3 Å². The lowest BCUT2D eigenvalue weighted by molar-refractivity contribution is -0.132. The van der Waals surface area contributed by atoms with Crippen molar-refractivity contribution in [1.29, 1.82) is 0 Å². The molecule has 3 amide bonds. The van der Waals surface area contributed by atoms with Crippen LogP contribution in [0.3, 0.4) is 0 Å². The maximum Gasteiger partial charge on any atom is 0.325 e. The molecule has 1 aliphatic rings. The highest BCUT2D eigenvalue weighted by atomic mass is 19.1. The summed E-state index contributed by atoms with van der Waals surface area (Å²) in [4.78, 5) is 25.8. The second kappa shape index (κ2) is 6.25. The van der Waals surface area contributed by atoms with Gasteiger partial charge in [-0.3, -0.25) is 9.69 Å². The summed E-state index contributed by atoms with van der Waals surface area (Å²) in [5.41, 5.74) is -0.854. The van der Waals surface area contributed by atoms with E-state index >= 15 is 0 Å². The maximum atomic E-state index is 13.8. The number of rotatable bonds is 4. The first-order valence-electron chi connectivity index (χ1n) is 7.65. The number of hydrogen-bond donors (Lipinski definition) is 2. The fourth-order valence-electron chi connectivity index (χ4n) is 2.87. The third-order valence-corrected chi connectivity index (χ3v) is 4.30. The topological polar surface area (TPSA) is 69.6 Å². The number of nitrogens with zero attached hydrogens (tertiary/aromatic N) is 1. The molecule has 2 N–H and O–H groups in total. The molecule has 5 nitrogen and oxygen atoms in total. The van der Waals surface area contributed by atoms with Gasteiger partial charge in [0, 0.05) is 11.6 Å². The van der Waals surface area contributed by atoms with Crippen molar-refractivity contribution in [2.75, 3.05) is 6.54 Å². The minimum atomic E-state index is -1.46. The van der Waals surface area contributed by atoms with E-state index in [-0.39, 0.29) is 5.56 Å². The predicted octanol–water partition coefficient (Wildman–Crippen LogP) is 2.47. The molecule has 0 aliphatic carbocycles. The van der Waals surface area contributed by atoms with Gasteiger partial charge in [0.25, 0.3) is 5.91 Å². The lowest BCUT2D eigenvalue weighted by atomic mass is 9.92. The fourth-order valence-corrected chi connectivity index (χ4v) is 2.87. The van der Waals surface area contributed by atoms with Crippen LogP contribution in [0.2, 0.25) is 0 Å². The number of amides is 3. The lowest BCUT2D eigenvalue weighted by Gasteiger charge is -2.23. The molecule has 2 aromatic carbocycles. The zero-order chi connectivity index (χ0) is 18.2. The van der Waals surface area contributed by atoms with Crippen LogP contribution in [-0.4, -0.2) is 28.5 Å². The lowest BCUT2D eigenvalue weighted by Crippen LogP contribution is -2.41. The van der Waals surface area contributed by atoms with Crippen LogP contribution < -0.4 is 5.32 Å². The standard InChI is InChI=1S/C18H16F2N2O3/c1-18(11-5-3-2-4-6-11)16(24)22(17(25)21-18)10-15(23)13-8-7-12(19)9-14(13)20/h2-9,15,23H,10H2,1H3,(H,21,25)/t15-,18+/m0/s1. The van der Waals surface area contributed by atoms with Gasteiger partial charge in [-0.2, -0.15) is 0 Å². The van der Waals surface area contributed by atoms with Gasteiger partial charge in [-0.15, -0.1) is 0 Å². The molecule has 1 fully saturated rings. The minimum absolute atomic E-state index is 0.185. The number of carbonyl (C=O) groups excluding carboxylic acids is 2. The zero-order valence-corrected chi connectivity index (χ0v) is 13.4. The van der Waals surface area contributed by atoms with Crippen molar-refractivity contribution < 1.29 is 23.5 Å². The number of benzene rings is 2. The van der Waals surface area contributed by atoms with Crippen molar-refractivity contribution in [3.8, 4) is 0 Å². The Hall–Kier alpha value is -2.80. The second-order valence-corrected chi connectivity index (χ2v) is 6.02. The van der Waals surface area contributed by atoms with Crippen LogP contribution in [0.1, 0.15) is 24.2 Å². The van der Waals surface area contributed by atoms with Gasteiger partial charge in [-0.05, 0) is 18.6 Å². The van der Waals surface area contributed by atoms with Crippen LogP contribution >= 0.6 is 0 Å². The Bertz CT molecular complexity index is 828. The highest BCUT2D eigenvalue weighted by Crippen LogP contribution is 2.30. The van der Waals surface area contributed by atoms with Gasteiger partial charge in [0.15, 0.2) is 0 Å². The molecule has 2 aromatic rings. The molecule has 7 heteroatoms. The van der Waals surface area contributed by atoms with Crippen molar-refractivity contribution in [3.05, 3.63) is 71.3 Å². The Labute approximate surface area is 142 Å². The Balaban J connectivity index is 1.84. The molecule has 0 saturated carbocycles. The Morgan fingerprint density at radius 2 is 1.84 bits per heavy atom. The van der Waals surface area contributed by atoms with Crippen molar-refractivity contribution in [3.63, 3.8) is 0 Å². The summed E-state index contributed by atoms with van der Waals surface area (Å²) >= 11 is 0. The molecule has 130 valence electrons. The van der Waals surface area contributed by atoms with E-state index in [0.717, 1.165) is 17.0 Å². The van der Waals surface area contributed by atoms with E-state index in [2.05, 4.69) is 5.32 Å². The van der Waals surface area contributed by atoms with Crippen LogP contribution in [0, 0.1) is 11.6 Å². The van der Waals surface area contributed by atoms with E-state index < -0.39 is 41.8 Å². The molecule has 25 heavy (non-hydrogen) atoms. The van der Waals surface area contributed by atoms with Gasteiger partial charge in [0.1, 0.15) is 17.2 Å². The number of nitrogens with one attached hydrogen (secondary N) is 1. The molecule has 1 aliphatic heterocycles. The largest absolute Gasteiger partial charge is 0.386 e. The van der Waals surface area contributed by atoms with Gasteiger partial charge < -0.3 is 10.4 Å². The molecular weight excluding hydrogens is 330 g/mol. The van der Waals surface area contributed by atoms with Gasteiger partial charge in [0.2, 0.25) is 0 Å². The normalized spacial score (nSPS) is 21.4. The number of halogens is 2. The molecular formula is C18H16F2N2O3. The van der Waals surface area contributed by atoms with E-state index in [9.17, 15) is 23.5 Å². The molecule has 0 bridgehead atoms. The summed E-state index contributed by atoms with van der Waals surface area (Å²) in [5.74, 6) is -2.27. The van der Waals surface area contributed by atoms with Gasteiger partial charge in [0.05, 0.1) is 12.6 Å². The molecule has 0 spiro atoms. The Morgan fingerprint density at radius 3 is 2.48 bits per heavy atom. The first-order valence-corrected chi connectivity index (χ1v) is 7.65. The summed E-state index contributed by atoms with van der Waals surface area (Å²) in [6, 6.07) is 10.7. The summed E-state index contributed by atoms with van der Waals surface area (Å²) < 4.78 is 26.8. The number of urea groups is 1. The number of carbonyl (C=O) groups is 2. The van der Waals surface area contributed by atoms with Crippen molar-refractivity contribution in [2.24, 2.45) is 0 Å². The summed E-state index contributed by atoms with van der Waals surface area (Å²) in [6.45, 7) is 1.13. The third-order valence-electron chi connectivity index (χ3n) is 4.30. The Morgan fingerprint density at radius 1 is 1.16 bits per heavy atom. The maximum absolute atomic E-state index is 13.8. The SMILES string of the molecule is C[C@]1(c2ccccc2)NC(=O)N(C[C@H](O)c2ccc(F)cc2F)C1=O. The third kappa shape index (κ3) is 2.98. The van der Waals surface area contributed by atoms with E-state index in [4.69, 9.17) is 0 Å². The number of aliphatic hydroxyl groups excluding tert-OH is 1. The van der Waals surface area contributed by atoms with Crippen molar-refractivity contribution >= 4 is 11.9 Å². The van der Waals surface area contributed by atoms with E-state index in [1.54, 1.807) is 37.3 Å². The highest BCUT2D eigenvalue weighted by Gasteiger charge is 2.49. The van der Waals surface area contributed by atoms with Gasteiger partial charge >= 0.3 is 6.03 Å². The van der Waals surface area contributed by atoms with E-state index in [1.807, 2.05) is 0 Å². The van der Waals surface area contributed by atoms with E-state index in [0.29, 0.717) is 11.6 Å². The highest BCUT2D eigenvalue weighted by molar-refractivity contribution is 6.07. The molecule has 0 radical (unpaired) electrons. The predicted molar refractivity (Wildman–Crippen MR) is 85.4 cm³/mol. The van der Waals surface area contributed by atoms with Crippen molar-refractivity contribution in [2.45, 2.75) is 18.6 Å². The molecule has 2 atom stereocenters. The average molecular weight is 346 g/mol. The number of aliphatic hydroxyl groups is 1. The van der Waals surface area contributed by atoms with Crippen LogP contribution in [0.25, 0.3) is 0 Å². The van der Waals surface area contributed by atoms with Crippen LogP contribution in [0.4, 0.5) is 13.6 Å². The second-order valence-electron chi connectivity index (χ2n) is 6.02. The van der Waals surface area contributed by atoms with Crippen LogP contribution in [0.5, 0.6) is 0 Å². The van der Waals surface area contributed by atoms with Crippen LogP contribution in [0.15, 0.2) is 48.5 Å². The zero-order valence-electron chi connectivity index (χ0n) is 13.4. The average Bonchev–Trinajstić information content (AvgIpc) is 2.80. The Kier molecular flexibility index (Phi) is 4.26. The smallest absolute Gasteiger partial charge is 0.325 e. The van der Waals surface area contributed by atoms with E-state index in [1.165, 1.54) is 0 Å². The molecule has 1 heterocycles. The molecule has 0 unspecified atom stereocenters. The first kappa shape index (κ1) is 17.0. The van der Waals surface area contributed by atoms with Gasteiger partial charge in [-0.25, -0.2) is 13.6 Å². The monoisotopic (exact) mass is 346 g/mol. The van der Waals surface area contributed by atoms with Crippen molar-refractivity contribution in [1.82, 2.24) is 10.2 Å². The number of hydrogen-bond acceptors (Lipinski definition) is 3. The fraction of sp³-hybridized carbons (Fsp3) is 0.222. The van der Waals surface area contributed by atoms with Gasteiger partial charge in [-0.1, -0.05) is 36.4 Å². The number of imide groups is 1. The number of β-amino-alcohol motifs (C(OH)–C–C–N with tert-alkyl or cyclic N) is 1. The summed E-state index contributed by atoms with van der Waals surface area (Å²) in [7, 11) is 0. The minimum Gasteiger partial charge on any atom is -0.386 e. The molecule has 0 aromatic heterocycles. The molecule has 1 saturated heterocycles. The quantitative estimate of drug-likeness (QED) is 0.836. The summed E-state index contributed by atoms with van der Waals surface area (Å²) in [6.07, 6.45) is -1.46. The molecule has 3 rings (SSSR count). The summed E-state index contributed by atoms with van der Waals surface area (Å²) in [5, 5.41) is 12.8.